The van der Waals surface area contributed by atoms with Gasteiger partial charge >= 0.3 is 0 Å². The van der Waals surface area contributed by atoms with E-state index in [1.165, 1.54) is 0 Å². The Balaban J connectivity index is 1.63. The van der Waals surface area contributed by atoms with Gasteiger partial charge in [-0.05, 0) is 31.9 Å². The SMILES string of the molecule is Cc1nc([C@H]2OCC[C@H]2CNC(=O)c2ccncc2C)n[nH]1. The number of nitrogens with zero attached hydrogens (tertiary/aromatic N) is 3. The molecule has 2 atom stereocenters. The molecular formula is C15H19N5O2. The number of ether oxygens (including phenoxy) is 1. The Morgan fingerprint density at radius 3 is 3.09 bits per heavy atom. The normalized spacial score (nSPS) is 21.0. The van der Waals surface area contributed by atoms with E-state index in [0.717, 1.165) is 17.8 Å². The Morgan fingerprint density at radius 1 is 1.50 bits per heavy atom. The molecule has 1 fully saturated rings. The van der Waals surface area contributed by atoms with Crippen LogP contribution in [0.25, 0.3) is 0 Å². The third-order valence-electron chi connectivity index (χ3n) is 3.87. The molecule has 0 aliphatic carbocycles. The Labute approximate surface area is 128 Å². The molecule has 2 aromatic rings. The first-order valence-electron chi connectivity index (χ1n) is 7.34. The third kappa shape index (κ3) is 2.99. The number of hydrogen-bond acceptors (Lipinski definition) is 5. The lowest BCUT2D eigenvalue weighted by atomic mass is 10.0. The Kier molecular flexibility index (Phi) is 4.15. The van der Waals surface area contributed by atoms with Crippen molar-refractivity contribution in [3.8, 4) is 0 Å². The molecule has 2 N–H and O–H groups in total. The second-order valence-corrected chi connectivity index (χ2v) is 5.52. The number of carbonyl (C=O) groups is 1. The maximum Gasteiger partial charge on any atom is 0.251 e. The molecule has 1 saturated heterocycles. The highest BCUT2D eigenvalue weighted by molar-refractivity contribution is 5.95. The van der Waals surface area contributed by atoms with Gasteiger partial charge in [0, 0.05) is 37.0 Å². The zero-order chi connectivity index (χ0) is 15.5. The van der Waals surface area contributed by atoms with Crippen molar-refractivity contribution in [2.24, 2.45) is 5.92 Å². The summed E-state index contributed by atoms with van der Waals surface area (Å²) in [6.45, 7) is 4.93. The first-order valence-corrected chi connectivity index (χ1v) is 7.34. The van der Waals surface area contributed by atoms with Gasteiger partial charge in [-0.3, -0.25) is 14.9 Å². The van der Waals surface area contributed by atoms with Gasteiger partial charge < -0.3 is 10.1 Å². The van der Waals surface area contributed by atoms with E-state index in [4.69, 9.17) is 4.74 Å². The zero-order valence-corrected chi connectivity index (χ0v) is 12.7. The number of aromatic nitrogens is 4. The van der Waals surface area contributed by atoms with E-state index in [9.17, 15) is 4.79 Å². The van der Waals surface area contributed by atoms with Crippen molar-refractivity contribution < 1.29 is 9.53 Å². The molecule has 1 amide bonds. The molecule has 0 unspecified atom stereocenters. The number of aromatic amines is 1. The minimum Gasteiger partial charge on any atom is -0.370 e. The van der Waals surface area contributed by atoms with Gasteiger partial charge in [-0.15, -0.1) is 0 Å². The molecule has 7 nitrogen and oxygen atoms in total. The fraction of sp³-hybridized carbons (Fsp3) is 0.467. The fourth-order valence-electron chi connectivity index (χ4n) is 2.66. The van der Waals surface area contributed by atoms with Crippen molar-refractivity contribution in [1.29, 1.82) is 0 Å². The molecule has 3 heterocycles. The quantitative estimate of drug-likeness (QED) is 0.888. The first-order chi connectivity index (χ1) is 10.6. The largest absolute Gasteiger partial charge is 0.370 e. The molecule has 22 heavy (non-hydrogen) atoms. The van der Waals surface area contributed by atoms with Gasteiger partial charge in [-0.2, -0.15) is 5.10 Å². The molecule has 3 rings (SSSR count). The molecule has 1 aliphatic rings. The number of rotatable bonds is 4. The van der Waals surface area contributed by atoms with E-state index < -0.39 is 0 Å². The number of aryl methyl sites for hydroxylation is 2. The average Bonchev–Trinajstić information content (AvgIpc) is 3.13. The third-order valence-corrected chi connectivity index (χ3v) is 3.87. The van der Waals surface area contributed by atoms with Crippen molar-refractivity contribution in [2.75, 3.05) is 13.2 Å². The van der Waals surface area contributed by atoms with Crippen LogP contribution in [0, 0.1) is 19.8 Å². The molecule has 0 bridgehead atoms. The van der Waals surface area contributed by atoms with E-state index >= 15 is 0 Å². The van der Waals surface area contributed by atoms with Gasteiger partial charge in [-0.1, -0.05) is 0 Å². The molecule has 0 aromatic carbocycles. The van der Waals surface area contributed by atoms with Gasteiger partial charge in [0.15, 0.2) is 5.82 Å². The smallest absolute Gasteiger partial charge is 0.251 e. The second kappa shape index (κ2) is 6.23. The monoisotopic (exact) mass is 301 g/mol. The summed E-state index contributed by atoms with van der Waals surface area (Å²) < 4.78 is 5.72. The van der Waals surface area contributed by atoms with Gasteiger partial charge in [0.1, 0.15) is 11.9 Å². The highest BCUT2D eigenvalue weighted by Crippen LogP contribution is 2.32. The van der Waals surface area contributed by atoms with Gasteiger partial charge in [0.25, 0.3) is 5.91 Å². The van der Waals surface area contributed by atoms with Gasteiger partial charge in [-0.25, -0.2) is 4.98 Å². The molecule has 0 spiro atoms. The predicted molar refractivity (Wildman–Crippen MR) is 79.2 cm³/mol. The summed E-state index contributed by atoms with van der Waals surface area (Å²) in [6.07, 6.45) is 4.03. The standard InChI is InChI=1S/C15H19N5O2/c1-9-7-16-5-3-12(9)15(21)17-8-11-4-6-22-13(11)14-18-10(2)19-20-14/h3,5,7,11,13H,4,6,8H2,1-2H3,(H,17,21)(H,18,19,20)/t11-,13-/m0/s1. The van der Waals surface area contributed by atoms with E-state index in [1.807, 2.05) is 13.8 Å². The summed E-state index contributed by atoms with van der Waals surface area (Å²) >= 11 is 0. The van der Waals surface area contributed by atoms with Crippen molar-refractivity contribution in [3.05, 3.63) is 41.2 Å². The number of amides is 1. The van der Waals surface area contributed by atoms with Crippen molar-refractivity contribution in [1.82, 2.24) is 25.5 Å². The first kappa shape index (κ1) is 14.6. The summed E-state index contributed by atoms with van der Waals surface area (Å²) in [5.41, 5.74) is 1.52. The number of pyridine rings is 1. The lowest BCUT2D eigenvalue weighted by Crippen LogP contribution is -2.31. The summed E-state index contributed by atoms with van der Waals surface area (Å²) in [4.78, 5) is 20.6. The topological polar surface area (TPSA) is 92.8 Å². The Morgan fingerprint density at radius 2 is 2.36 bits per heavy atom. The van der Waals surface area contributed by atoms with E-state index in [1.54, 1.807) is 18.5 Å². The van der Waals surface area contributed by atoms with Crippen molar-refractivity contribution in [3.63, 3.8) is 0 Å². The minimum atomic E-state index is -0.163. The number of carbonyl (C=O) groups excluding carboxylic acids is 1. The number of hydrogen-bond donors (Lipinski definition) is 2. The summed E-state index contributed by atoms with van der Waals surface area (Å²) in [6, 6.07) is 1.73. The molecule has 2 aromatic heterocycles. The minimum absolute atomic E-state index is 0.0864. The summed E-state index contributed by atoms with van der Waals surface area (Å²) in [5.74, 6) is 1.52. The van der Waals surface area contributed by atoms with Gasteiger partial charge in [0.2, 0.25) is 0 Å². The highest BCUT2D eigenvalue weighted by atomic mass is 16.5. The molecule has 7 heteroatoms. The van der Waals surface area contributed by atoms with E-state index in [-0.39, 0.29) is 17.9 Å². The molecule has 116 valence electrons. The van der Waals surface area contributed by atoms with Crippen LogP contribution in [0.1, 0.15) is 40.1 Å². The van der Waals surface area contributed by atoms with Crippen LogP contribution >= 0.6 is 0 Å². The van der Waals surface area contributed by atoms with Crippen LogP contribution in [-0.4, -0.2) is 39.2 Å². The predicted octanol–water partition coefficient (Wildman–Crippen LogP) is 1.32. The van der Waals surface area contributed by atoms with E-state index in [2.05, 4.69) is 25.5 Å². The van der Waals surface area contributed by atoms with Crippen LogP contribution in [0.5, 0.6) is 0 Å². The molecule has 0 radical (unpaired) electrons. The average molecular weight is 301 g/mol. The maximum absolute atomic E-state index is 12.3. The summed E-state index contributed by atoms with van der Waals surface area (Å²) in [5, 5.41) is 9.97. The van der Waals surface area contributed by atoms with Crippen molar-refractivity contribution in [2.45, 2.75) is 26.4 Å². The van der Waals surface area contributed by atoms with Crippen LogP contribution in [0.4, 0.5) is 0 Å². The van der Waals surface area contributed by atoms with E-state index in [0.29, 0.717) is 24.5 Å². The van der Waals surface area contributed by atoms with Crippen LogP contribution < -0.4 is 5.32 Å². The van der Waals surface area contributed by atoms with Crippen LogP contribution in [0.15, 0.2) is 18.5 Å². The number of H-pyrrole nitrogens is 1. The highest BCUT2D eigenvalue weighted by Gasteiger charge is 2.32. The lowest BCUT2D eigenvalue weighted by Gasteiger charge is -2.16. The van der Waals surface area contributed by atoms with Gasteiger partial charge in [0.05, 0.1) is 0 Å². The van der Waals surface area contributed by atoms with Crippen LogP contribution in [0.2, 0.25) is 0 Å². The number of nitrogens with one attached hydrogen (secondary N) is 2. The molecule has 1 aliphatic heterocycles. The molecule has 0 saturated carbocycles. The fourth-order valence-corrected chi connectivity index (χ4v) is 2.66. The second-order valence-electron chi connectivity index (χ2n) is 5.52. The lowest BCUT2D eigenvalue weighted by molar-refractivity contribution is 0.0798. The zero-order valence-electron chi connectivity index (χ0n) is 12.7. The van der Waals surface area contributed by atoms with Crippen LogP contribution in [-0.2, 0) is 4.74 Å². The molecular weight excluding hydrogens is 282 g/mol. The Hall–Kier alpha value is -2.28. The van der Waals surface area contributed by atoms with Crippen molar-refractivity contribution >= 4 is 5.91 Å². The summed E-state index contributed by atoms with van der Waals surface area (Å²) in [7, 11) is 0. The maximum atomic E-state index is 12.3. The van der Waals surface area contributed by atoms with Crippen LogP contribution in [0.3, 0.4) is 0 Å². The Bertz CT molecular complexity index is 669.